The smallest absolute Gasteiger partial charge is 0.361 e. The lowest BCUT2D eigenvalue weighted by atomic mass is 10.1. The number of benzene rings is 1. The van der Waals surface area contributed by atoms with Crippen molar-refractivity contribution in [3.05, 3.63) is 35.8 Å². The molecule has 0 radical (unpaired) electrons. The molecule has 5 nitrogen and oxygen atoms in total. The van der Waals surface area contributed by atoms with E-state index in [2.05, 4.69) is 10.6 Å². The minimum atomic E-state index is -3.34. The second-order valence-corrected chi connectivity index (χ2v) is 7.30. The Hall–Kier alpha value is -1.29. The molecule has 1 aromatic rings. The van der Waals surface area contributed by atoms with Crippen LogP contribution in [0.15, 0.2) is 35.8 Å². The van der Waals surface area contributed by atoms with Crippen molar-refractivity contribution in [3.63, 3.8) is 0 Å². The predicted molar refractivity (Wildman–Crippen MR) is 86.7 cm³/mol. The fourth-order valence-electron chi connectivity index (χ4n) is 2.38. The standard InChI is InChI=1S/C15H23N2O3P/c1-5-19-21(18,20-6-2)14-11-16-12-9-7-8-10-13(12)17-15(14,3)4/h7-11,16-17H,5-6H2,1-4H3. The van der Waals surface area contributed by atoms with E-state index in [4.69, 9.17) is 9.05 Å². The van der Waals surface area contributed by atoms with Crippen LogP contribution in [-0.4, -0.2) is 18.8 Å². The zero-order valence-corrected chi connectivity index (χ0v) is 13.9. The van der Waals surface area contributed by atoms with Gasteiger partial charge in [0.05, 0.1) is 35.4 Å². The average Bonchev–Trinajstić information content (AvgIpc) is 2.54. The van der Waals surface area contributed by atoms with Crippen molar-refractivity contribution < 1.29 is 13.6 Å². The highest BCUT2D eigenvalue weighted by Crippen LogP contribution is 2.60. The second kappa shape index (κ2) is 6.22. The van der Waals surface area contributed by atoms with Gasteiger partial charge in [-0.3, -0.25) is 4.57 Å². The molecule has 21 heavy (non-hydrogen) atoms. The monoisotopic (exact) mass is 310 g/mol. The van der Waals surface area contributed by atoms with Crippen LogP contribution in [0.5, 0.6) is 0 Å². The maximum atomic E-state index is 13.1. The summed E-state index contributed by atoms with van der Waals surface area (Å²) in [5, 5.41) is 7.20. The summed E-state index contributed by atoms with van der Waals surface area (Å²) < 4.78 is 24.1. The SMILES string of the molecule is CCOP(=O)(OCC)C1=CNc2ccccc2NC1(C)C. The summed E-state index contributed by atoms with van der Waals surface area (Å²) >= 11 is 0. The van der Waals surface area contributed by atoms with Crippen molar-refractivity contribution in [3.8, 4) is 0 Å². The van der Waals surface area contributed by atoms with Gasteiger partial charge in [-0.1, -0.05) is 12.1 Å². The molecule has 116 valence electrons. The van der Waals surface area contributed by atoms with Gasteiger partial charge in [-0.2, -0.15) is 0 Å². The summed E-state index contributed by atoms with van der Waals surface area (Å²) in [6.45, 7) is 8.22. The summed E-state index contributed by atoms with van der Waals surface area (Å²) in [5.74, 6) is 0. The van der Waals surface area contributed by atoms with Crippen molar-refractivity contribution in [1.82, 2.24) is 0 Å². The molecule has 0 fully saturated rings. The van der Waals surface area contributed by atoms with E-state index in [0.717, 1.165) is 11.4 Å². The summed E-state index contributed by atoms with van der Waals surface area (Å²) in [5.41, 5.74) is 1.33. The van der Waals surface area contributed by atoms with Crippen LogP contribution in [-0.2, 0) is 13.6 Å². The van der Waals surface area contributed by atoms with Crippen LogP contribution in [0.2, 0.25) is 0 Å². The van der Waals surface area contributed by atoms with Gasteiger partial charge in [0.25, 0.3) is 0 Å². The molecule has 6 heteroatoms. The van der Waals surface area contributed by atoms with E-state index in [0.29, 0.717) is 18.5 Å². The number of fused-ring (bicyclic) bond motifs is 1. The highest BCUT2D eigenvalue weighted by Gasteiger charge is 2.41. The van der Waals surface area contributed by atoms with Gasteiger partial charge in [-0.15, -0.1) is 0 Å². The van der Waals surface area contributed by atoms with Crippen LogP contribution in [0.1, 0.15) is 27.7 Å². The summed E-state index contributed by atoms with van der Waals surface area (Å²) in [4.78, 5) is 0. The molecule has 1 aromatic carbocycles. The van der Waals surface area contributed by atoms with Crippen LogP contribution < -0.4 is 10.6 Å². The molecule has 0 aliphatic carbocycles. The van der Waals surface area contributed by atoms with Gasteiger partial charge < -0.3 is 19.7 Å². The van der Waals surface area contributed by atoms with E-state index in [1.165, 1.54) is 0 Å². The van der Waals surface area contributed by atoms with Crippen molar-refractivity contribution in [2.24, 2.45) is 0 Å². The Balaban J connectivity index is 2.44. The number of rotatable bonds is 5. The number of hydrogen-bond donors (Lipinski definition) is 2. The van der Waals surface area contributed by atoms with Crippen LogP contribution in [0.3, 0.4) is 0 Å². The van der Waals surface area contributed by atoms with Crippen molar-refractivity contribution in [2.45, 2.75) is 33.2 Å². The predicted octanol–water partition coefficient (Wildman–Crippen LogP) is 4.41. The van der Waals surface area contributed by atoms with E-state index >= 15 is 0 Å². The maximum Gasteiger partial charge on any atom is 0.361 e. The minimum absolute atomic E-state index is 0.331. The van der Waals surface area contributed by atoms with Gasteiger partial charge in [0, 0.05) is 6.20 Å². The average molecular weight is 310 g/mol. The first-order chi connectivity index (χ1) is 9.93. The van der Waals surface area contributed by atoms with Gasteiger partial charge in [0.1, 0.15) is 0 Å². The summed E-state index contributed by atoms with van der Waals surface area (Å²) in [7, 11) is -3.34. The fraction of sp³-hybridized carbons (Fsp3) is 0.467. The Morgan fingerprint density at radius 1 is 1.10 bits per heavy atom. The topological polar surface area (TPSA) is 59.6 Å². The highest BCUT2D eigenvalue weighted by atomic mass is 31.2. The fourth-order valence-corrected chi connectivity index (χ4v) is 4.38. The van der Waals surface area contributed by atoms with Crippen molar-refractivity contribution in [2.75, 3.05) is 23.8 Å². The van der Waals surface area contributed by atoms with Gasteiger partial charge in [-0.05, 0) is 39.8 Å². The Labute approximate surface area is 126 Å². The largest absolute Gasteiger partial charge is 0.374 e. The normalized spacial score (nSPS) is 17.0. The van der Waals surface area contributed by atoms with E-state index in [9.17, 15) is 4.57 Å². The van der Waals surface area contributed by atoms with Crippen LogP contribution >= 0.6 is 7.60 Å². The number of nitrogens with one attached hydrogen (secondary N) is 2. The third kappa shape index (κ3) is 3.31. The lowest BCUT2D eigenvalue weighted by molar-refractivity contribution is 0.223. The molecule has 0 bridgehead atoms. The zero-order valence-electron chi connectivity index (χ0n) is 13.0. The lowest BCUT2D eigenvalue weighted by Gasteiger charge is -2.32. The molecule has 2 rings (SSSR count). The molecular formula is C15H23N2O3P. The third-order valence-electron chi connectivity index (χ3n) is 3.27. The highest BCUT2D eigenvalue weighted by molar-refractivity contribution is 7.58. The first-order valence-electron chi connectivity index (χ1n) is 7.17. The molecule has 1 heterocycles. The molecule has 0 atom stereocenters. The number of anilines is 2. The Kier molecular flexibility index (Phi) is 4.77. The molecule has 0 aromatic heterocycles. The first-order valence-corrected chi connectivity index (χ1v) is 8.71. The summed E-state index contributed by atoms with van der Waals surface area (Å²) in [6.07, 6.45) is 1.74. The maximum absolute atomic E-state index is 13.1. The number of hydrogen-bond acceptors (Lipinski definition) is 5. The Morgan fingerprint density at radius 3 is 2.24 bits per heavy atom. The van der Waals surface area contributed by atoms with Crippen molar-refractivity contribution in [1.29, 1.82) is 0 Å². The molecule has 0 spiro atoms. The van der Waals surface area contributed by atoms with E-state index in [1.807, 2.05) is 52.0 Å². The number of para-hydroxylation sites is 2. The second-order valence-electron chi connectivity index (χ2n) is 5.30. The zero-order chi connectivity index (χ0) is 15.5. The molecule has 0 saturated carbocycles. The van der Waals surface area contributed by atoms with Gasteiger partial charge in [-0.25, -0.2) is 0 Å². The first kappa shape index (κ1) is 16.1. The molecule has 0 saturated heterocycles. The van der Waals surface area contributed by atoms with E-state index < -0.39 is 13.1 Å². The molecule has 2 N–H and O–H groups in total. The molecular weight excluding hydrogens is 287 g/mol. The quantitative estimate of drug-likeness (QED) is 0.789. The van der Waals surface area contributed by atoms with E-state index in [1.54, 1.807) is 6.20 Å². The third-order valence-corrected chi connectivity index (χ3v) is 5.75. The van der Waals surface area contributed by atoms with E-state index in [-0.39, 0.29) is 0 Å². The molecule has 1 aliphatic heterocycles. The lowest BCUT2D eigenvalue weighted by Crippen LogP contribution is -2.33. The van der Waals surface area contributed by atoms with Crippen LogP contribution in [0.25, 0.3) is 0 Å². The Bertz CT molecular complexity index is 574. The van der Waals surface area contributed by atoms with Gasteiger partial charge in [0.2, 0.25) is 0 Å². The van der Waals surface area contributed by atoms with Gasteiger partial charge >= 0.3 is 7.60 Å². The van der Waals surface area contributed by atoms with Crippen LogP contribution in [0.4, 0.5) is 11.4 Å². The molecule has 0 unspecified atom stereocenters. The minimum Gasteiger partial charge on any atom is -0.374 e. The molecule has 1 aliphatic rings. The Morgan fingerprint density at radius 2 is 1.67 bits per heavy atom. The van der Waals surface area contributed by atoms with Crippen LogP contribution in [0, 0.1) is 0 Å². The summed E-state index contributed by atoms with van der Waals surface area (Å²) in [6, 6.07) is 7.85. The molecule has 0 amide bonds. The van der Waals surface area contributed by atoms with Gasteiger partial charge in [0.15, 0.2) is 0 Å². The van der Waals surface area contributed by atoms with Crippen molar-refractivity contribution >= 4 is 19.0 Å².